The zero-order valence-corrected chi connectivity index (χ0v) is 15.8. The maximum atomic E-state index is 13.7. The molecule has 0 bridgehead atoms. The Morgan fingerprint density at radius 3 is 2.48 bits per heavy atom. The van der Waals surface area contributed by atoms with Gasteiger partial charge in [0.15, 0.2) is 11.5 Å². The first-order valence-corrected chi connectivity index (χ1v) is 9.04. The molecule has 6 heteroatoms. The highest BCUT2D eigenvalue weighted by Gasteiger charge is 2.18. The molecule has 134 valence electrons. The standard InChI is InChI=1S/C19H21BrFNO3/c1-3-24-17-10-9-14(12-18(17)25-4-2)22-19(23)15(20)11-13-7-5-6-8-16(13)21/h5-10,12,15H,3-4,11H2,1-2H3,(H,22,23). The maximum absolute atomic E-state index is 13.7. The molecule has 1 amide bonds. The number of nitrogens with one attached hydrogen (secondary N) is 1. The largest absolute Gasteiger partial charge is 0.490 e. The number of carbonyl (C=O) groups excluding carboxylic acids is 1. The van der Waals surface area contributed by atoms with Crippen molar-refractivity contribution in [1.29, 1.82) is 0 Å². The topological polar surface area (TPSA) is 47.6 Å². The van der Waals surface area contributed by atoms with Gasteiger partial charge < -0.3 is 14.8 Å². The van der Waals surface area contributed by atoms with Crippen LogP contribution in [0.5, 0.6) is 11.5 Å². The molecule has 0 spiro atoms. The molecule has 1 atom stereocenters. The van der Waals surface area contributed by atoms with Crippen LogP contribution in [0.15, 0.2) is 42.5 Å². The zero-order chi connectivity index (χ0) is 18.2. The molecule has 4 nitrogen and oxygen atoms in total. The maximum Gasteiger partial charge on any atom is 0.238 e. The van der Waals surface area contributed by atoms with E-state index in [9.17, 15) is 9.18 Å². The third-order valence-corrected chi connectivity index (χ3v) is 4.19. The van der Waals surface area contributed by atoms with Gasteiger partial charge in [-0.05, 0) is 44.0 Å². The van der Waals surface area contributed by atoms with Gasteiger partial charge in [0.2, 0.25) is 5.91 Å². The summed E-state index contributed by atoms with van der Waals surface area (Å²) in [7, 11) is 0. The molecule has 0 aliphatic heterocycles. The lowest BCUT2D eigenvalue weighted by Gasteiger charge is -2.15. The van der Waals surface area contributed by atoms with Gasteiger partial charge in [-0.3, -0.25) is 4.79 Å². The summed E-state index contributed by atoms with van der Waals surface area (Å²) >= 11 is 3.33. The van der Waals surface area contributed by atoms with Crippen molar-refractivity contribution < 1.29 is 18.7 Å². The van der Waals surface area contributed by atoms with Gasteiger partial charge in [-0.2, -0.15) is 0 Å². The molecule has 1 N–H and O–H groups in total. The molecule has 0 aromatic heterocycles. The SMILES string of the molecule is CCOc1ccc(NC(=O)C(Br)Cc2ccccc2F)cc1OCC. The van der Waals surface area contributed by atoms with Crippen LogP contribution < -0.4 is 14.8 Å². The fraction of sp³-hybridized carbons (Fsp3) is 0.316. The number of carbonyl (C=O) groups is 1. The number of hydrogen-bond acceptors (Lipinski definition) is 3. The Morgan fingerprint density at radius 2 is 1.80 bits per heavy atom. The van der Waals surface area contributed by atoms with Crippen LogP contribution >= 0.6 is 15.9 Å². The summed E-state index contributed by atoms with van der Waals surface area (Å²) in [5, 5.41) is 2.81. The van der Waals surface area contributed by atoms with Crippen molar-refractivity contribution in [3.05, 3.63) is 53.8 Å². The minimum Gasteiger partial charge on any atom is -0.490 e. The van der Waals surface area contributed by atoms with E-state index in [0.717, 1.165) is 0 Å². The third kappa shape index (κ3) is 5.46. The van der Waals surface area contributed by atoms with Crippen LogP contribution in [0.4, 0.5) is 10.1 Å². The fourth-order valence-electron chi connectivity index (χ4n) is 2.30. The monoisotopic (exact) mass is 409 g/mol. The molecule has 2 aromatic rings. The van der Waals surface area contributed by atoms with Gasteiger partial charge >= 0.3 is 0 Å². The molecule has 2 rings (SSSR count). The second-order valence-electron chi connectivity index (χ2n) is 5.28. The lowest BCUT2D eigenvalue weighted by Crippen LogP contribution is -2.25. The summed E-state index contributed by atoms with van der Waals surface area (Å²) in [6.07, 6.45) is 0.258. The second kappa shape index (κ2) is 9.42. The van der Waals surface area contributed by atoms with E-state index in [-0.39, 0.29) is 18.1 Å². The molecule has 0 aliphatic carbocycles. The molecule has 0 saturated heterocycles. The average Bonchev–Trinajstić information content (AvgIpc) is 2.59. The van der Waals surface area contributed by atoms with Crippen molar-refractivity contribution in [2.24, 2.45) is 0 Å². The first-order valence-electron chi connectivity index (χ1n) is 8.13. The number of alkyl halides is 1. The first-order chi connectivity index (χ1) is 12.0. The smallest absolute Gasteiger partial charge is 0.238 e. The van der Waals surface area contributed by atoms with E-state index in [4.69, 9.17) is 9.47 Å². The van der Waals surface area contributed by atoms with Gasteiger partial charge in [0, 0.05) is 11.8 Å². The number of anilines is 1. The van der Waals surface area contributed by atoms with Crippen LogP contribution in [0.2, 0.25) is 0 Å². The lowest BCUT2D eigenvalue weighted by atomic mass is 10.1. The Hall–Kier alpha value is -2.08. The van der Waals surface area contributed by atoms with E-state index in [1.54, 1.807) is 36.4 Å². The molecule has 2 aromatic carbocycles. The van der Waals surface area contributed by atoms with Gasteiger partial charge in [0.1, 0.15) is 5.82 Å². The highest BCUT2D eigenvalue weighted by molar-refractivity contribution is 9.10. The summed E-state index contributed by atoms with van der Waals surface area (Å²) in [6, 6.07) is 11.6. The van der Waals surface area contributed by atoms with E-state index < -0.39 is 4.83 Å². The molecule has 25 heavy (non-hydrogen) atoms. The molecular weight excluding hydrogens is 389 g/mol. The summed E-state index contributed by atoms with van der Waals surface area (Å²) < 4.78 is 24.8. The van der Waals surface area contributed by atoms with Crippen molar-refractivity contribution >= 4 is 27.5 Å². The number of halogens is 2. The summed E-state index contributed by atoms with van der Waals surface area (Å²) in [6.45, 7) is 4.79. The van der Waals surface area contributed by atoms with Crippen LogP contribution in [0, 0.1) is 5.82 Å². The van der Waals surface area contributed by atoms with Gasteiger partial charge in [0.25, 0.3) is 0 Å². The molecule has 0 heterocycles. The number of ether oxygens (including phenoxy) is 2. The van der Waals surface area contributed by atoms with Crippen LogP contribution in [0.25, 0.3) is 0 Å². The van der Waals surface area contributed by atoms with Crippen molar-refractivity contribution in [1.82, 2.24) is 0 Å². The second-order valence-corrected chi connectivity index (χ2v) is 6.39. The molecular formula is C19H21BrFNO3. The van der Waals surface area contributed by atoms with Crippen LogP contribution in [-0.4, -0.2) is 23.9 Å². The predicted molar refractivity (Wildman–Crippen MR) is 100 cm³/mol. The Bertz CT molecular complexity index is 724. The van der Waals surface area contributed by atoms with E-state index in [1.165, 1.54) is 6.07 Å². The molecule has 0 saturated carbocycles. The van der Waals surface area contributed by atoms with Gasteiger partial charge in [0.05, 0.1) is 18.0 Å². The minimum absolute atomic E-state index is 0.255. The van der Waals surface area contributed by atoms with E-state index in [1.807, 2.05) is 13.8 Å². The molecule has 0 fully saturated rings. The number of benzene rings is 2. The number of rotatable bonds is 8. The van der Waals surface area contributed by atoms with Crippen molar-refractivity contribution in [2.75, 3.05) is 18.5 Å². The molecule has 0 aliphatic rings. The molecule has 1 unspecified atom stereocenters. The lowest BCUT2D eigenvalue weighted by molar-refractivity contribution is -0.115. The van der Waals surface area contributed by atoms with Crippen molar-refractivity contribution in [2.45, 2.75) is 25.1 Å². The number of hydrogen-bond donors (Lipinski definition) is 1. The van der Waals surface area contributed by atoms with E-state index in [2.05, 4.69) is 21.2 Å². The van der Waals surface area contributed by atoms with Crippen molar-refractivity contribution in [3.8, 4) is 11.5 Å². The third-order valence-electron chi connectivity index (χ3n) is 3.45. The summed E-state index contributed by atoms with van der Waals surface area (Å²) in [5.41, 5.74) is 1.08. The highest BCUT2D eigenvalue weighted by Crippen LogP contribution is 2.31. The predicted octanol–water partition coefficient (Wildman–Crippen LogP) is 4.57. The number of amides is 1. The minimum atomic E-state index is -0.550. The quantitative estimate of drug-likeness (QED) is 0.649. The van der Waals surface area contributed by atoms with E-state index >= 15 is 0 Å². The first kappa shape index (κ1) is 19.2. The van der Waals surface area contributed by atoms with Gasteiger partial charge in [-0.1, -0.05) is 34.1 Å². The molecule has 0 radical (unpaired) electrons. The van der Waals surface area contributed by atoms with Crippen LogP contribution in [0.1, 0.15) is 19.4 Å². The van der Waals surface area contributed by atoms with Crippen LogP contribution in [-0.2, 0) is 11.2 Å². The van der Waals surface area contributed by atoms with Gasteiger partial charge in [-0.25, -0.2) is 4.39 Å². The van der Waals surface area contributed by atoms with E-state index in [0.29, 0.717) is 36.0 Å². The Kier molecular flexibility index (Phi) is 7.25. The Balaban J connectivity index is 2.06. The van der Waals surface area contributed by atoms with Crippen LogP contribution in [0.3, 0.4) is 0 Å². The summed E-state index contributed by atoms with van der Waals surface area (Å²) in [4.78, 5) is 11.8. The Morgan fingerprint density at radius 1 is 1.12 bits per heavy atom. The summed E-state index contributed by atoms with van der Waals surface area (Å²) in [5.74, 6) is 0.626. The van der Waals surface area contributed by atoms with Crippen molar-refractivity contribution in [3.63, 3.8) is 0 Å². The average molecular weight is 410 g/mol. The van der Waals surface area contributed by atoms with Gasteiger partial charge in [-0.15, -0.1) is 0 Å². The zero-order valence-electron chi connectivity index (χ0n) is 14.2. The normalized spacial score (nSPS) is 11.7. The Labute approximate surface area is 155 Å². The highest BCUT2D eigenvalue weighted by atomic mass is 79.9. The fourth-order valence-corrected chi connectivity index (χ4v) is 2.76.